The Morgan fingerprint density at radius 3 is 2.27 bits per heavy atom. The molecule has 0 atom stereocenters. The van der Waals surface area contributed by atoms with Crippen LogP contribution >= 0.6 is 11.6 Å². The van der Waals surface area contributed by atoms with Crippen molar-refractivity contribution in [2.24, 2.45) is 0 Å². The zero-order valence-corrected chi connectivity index (χ0v) is 19.9. The number of aromatic nitrogens is 3. The normalized spacial score (nSPS) is 11.5. The van der Waals surface area contributed by atoms with Crippen LogP contribution < -0.4 is 10.6 Å². The molecule has 1 aromatic heterocycles. The van der Waals surface area contributed by atoms with Crippen molar-refractivity contribution in [3.63, 3.8) is 0 Å². The Morgan fingerprint density at radius 1 is 0.788 bits per heavy atom. The first kappa shape index (κ1) is 23.0. The number of quaternary nitrogens is 1. The summed E-state index contributed by atoms with van der Waals surface area (Å²) in [6, 6.07) is 25.0. The number of anilines is 3. The third-order valence-corrected chi connectivity index (χ3v) is 6.40. The summed E-state index contributed by atoms with van der Waals surface area (Å²) in [5.74, 6) is 0.898. The molecule has 33 heavy (non-hydrogen) atoms. The highest BCUT2D eigenvalue weighted by atomic mass is 35.5. The van der Waals surface area contributed by atoms with Gasteiger partial charge in [-0.05, 0) is 48.4 Å². The first-order valence-corrected chi connectivity index (χ1v) is 11.8. The topological polar surface area (TPSA) is 62.7 Å². The molecule has 0 bridgehead atoms. The van der Waals surface area contributed by atoms with Gasteiger partial charge in [-0.15, -0.1) is 0 Å². The molecule has 0 radical (unpaired) electrons. The van der Waals surface area contributed by atoms with E-state index in [9.17, 15) is 0 Å². The minimum Gasteiger partial charge on any atom is -0.348 e. The summed E-state index contributed by atoms with van der Waals surface area (Å²) in [7, 11) is 0. The van der Waals surface area contributed by atoms with Crippen molar-refractivity contribution in [1.29, 1.82) is 0 Å². The molecule has 2 N–H and O–H groups in total. The number of hydrogen-bond acceptors (Lipinski definition) is 5. The fraction of sp³-hybridized carbons (Fsp3) is 0.269. The first-order chi connectivity index (χ1) is 16.1. The Morgan fingerprint density at radius 2 is 1.48 bits per heavy atom. The molecule has 6 nitrogen and oxygen atoms in total. The lowest BCUT2D eigenvalue weighted by Crippen LogP contribution is -2.49. The van der Waals surface area contributed by atoms with Gasteiger partial charge in [0.05, 0.1) is 26.2 Å². The monoisotopic (exact) mass is 461 g/mol. The van der Waals surface area contributed by atoms with Crippen molar-refractivity contribution in [1.82, 2.24) is 15.0 Å². The van der Waals surface area contributed by atoms with E-state index in [-0.39, 0.29) is 5.28 Å². The van der Waals surface area contributed by atoms with Crippen LogP contribution in [-0.2, 0) is 6.54 Å². The zero-order valence-electron chi connectivity index (χ0n) is 19.1. The zero-order chi connectivity index (χ0) is 23.1. The molecule has 0 spiro atoms. The Hall–Kier alpha value is -3.22. The first-order valence-electron chi connectivity index (χ1n) is 11.4. The van der Waals surface area contributed by atoms with Gasteiger partial charge in [0.15, 0.2) is 0 Å². The highest BCUT2D eigenvalue weighted by Crippen LogP contribution is 2.23. The number of rotatable bonds is 10. The van der Waals surface area contributed by atoms with Gasteiger partial charge < -0.3 is 15.1 Å². The van der Waals surface area contributed by atoms with Crippen LogP contribution in [0.3, 0.4) is 0 Å². The summed E-state index contributed by atoms with van der Waals surface area (Å²) in [4.78, 5) is 12.9. The van der Waals surface area contributed by atoms with Gasteiger partial charge in [-0.1, -0.05) is 60.7 Å². The van der Waals surface area contributed by atoms with E-state index >= 15 is 0 Å². The molecule has 0 fully saturated rings. The molecule has 0 saturated carbocycles. The van der Waals surface area contributed by atoms with Crippen LogP contribution in [-0.4, -0.2) is 45.6 Å². The molecule has 0 aliphatic carbocycles. The molecule has 0 unspecified atom stereocenters. The van der Waals surface area contributed by atoms with Crippen molar-refractivity contribution in [2.75, 3.05) is 36.8 Å². The van der Waals surface area contributed by atoms with Gasteiger partial charge >= 0.3 is 0 Å². The number of hydrogen-bond donors (Lipinski definition) is 2. The number of likely N-dealkylation sites (N-methyl/N-ethyl adjacent to an activating group) is 1. The van der Waals surface area contributed by atoms with Gasteiger partial charge in [-0.2, -0.15) is 15.0 Å². The SMILES string of the molecule is CC[N+](CC)(CCNc1nc(Cl)nc(Nc2ccccc2)n1)Cc1cccc2ccccc12. The standard InChI is InChI=1S/C26H30ClN6/c1-3-33(4-2,19-21-13-10-12-20-11-8-9-16-23(20)21)18-17-28-25-30-24(27)31-26(32-25)29-22-14-6-5-7-15-22/h5-16H,3-4,17-19H2,1-2H3,(H2,28,29,30,31,32)/q+1. The Balaban J connectivity index is 1.45. The van der Waals surface area contributed by atoms with Gasteiger partial charge in [0.25, 0.3) is 0 Å². The lowest BCUT2D eigenvalue weighted by Gasteiger charge is -2.37. The maximum absolute atomic E-state index is 6.16. The molecule has 170 valence electrons. The van der Waals surface area contributed by atoms with Gasteiger partial charge in [0, 0.05) is 11.3 Å². The summed E-state index contributed by atoms with van der Waals surface area (Å²) >= 11 is 6.16. The Bertz CT molecular complexity index is 1190. The highest BCUT2D eigenvalue weighted by molar-refractivity contribution is 6.28. The van der Waals surface area contributed by atoms with Crippen LogP contribution in [0.4, 0.5) is 17.6 Å². The molecule has 0 saturated heterocycles. The predicted octanol–water partition coefficient (Wildman–Crippen LogP) is 5.89. The van der Waals surface area contributed by atoms with E-state index < -0.39 is 0 Å². The van der Waals surface area contributed by atoms with Crippen molar-refractivity contribution in [3.05, 3.63) is 83.6 Å². The van der Waals surface area contributed by atoms with Gasteiger partial charge in [-0.25, -0.2) is 0 Å². The molecular weight excluding hydrogens is 432 g/mol. The van der Waals surface area contributed by atoms with Crippen molar-refractivity contribution in [2.45, 2.75) is 20.4 Å². The fourth-order valence-electron chi connectivity index (χ4n) is 4.17. The largest absolute Gasteiger partial charge is 0.348 e. The Labute approximate surface area is 200 Å². The smallest absolute Gasteiger partial charge is 0.233 e. The maximum Gasteiger partial charge on any atom is 0.233 e. The molecule has 3 aromatic carbocycles. The number of fused-ring (bicyclic) bond motifs is 1. The summed E-state index contributed by atoms with van der Waals surface area (Å²) in [6.45, 7) is 9.26. The quantitative estimate of drug-likeness (QED) is 0.288. The summed E-state index contributed by atoms with van der Waals surface area (Å²) in [5, 5.41) is 9.31. The predicted molar refractivity (Wildman–Crippen MR) is 137 cm³/mol. The average Bonchev–Trinajstić information content (AvgIpc) is 2.84. The van der Waals surface area contributed by atoms with E-state index in [1.807, 2.05) is 30.3 Å². The van der Waals surface area contributed by atoms with E-state index in [4.69, 9.17) is 11.6 Å². The second-order valence-electron chi connectivity index (χ2n) is 8.16. The molecule has 0 amide bonds. The molecule has 4 aromatic rings. The van der Waals surface area contributed by atoms with E-state index in [2.05, 4.69) is 81.9 Å². The molecule has 0 aliphatic heterocycles. The highest BCUT2D eigenvalue weighted by Gasteiger charge is 2.24. The minimum absolute atomic E-state index is 0.161. The van der Waals surface area contributed by atoms with Crippen LogP contribution in [0.25, 0.3) is 10.8 Å². The Kier molecular flexibility index (Phi) is 7.37. The second-order valence-corrected chi connectivity index (χ2v) is 8.50. The molecule has 1 heterocycles. The van der Waals surface area contributed by atoms with E-state index in [0.717, 1.165) is 42.9 Å². The lowest BCUT2D eigenvalue weighted by atomic mass is 10.0. The summed E-state index contributed by atoms with van der Waals surface area (Å²) in [6.07, 6.45) is 0. The number of para-hydroxylation sites is 1. The summed E-state index contributed by atoms with van der Waals surface area (Å²) in [5.41, 5.74) is 2.28. The van der Waals surface area contributed by atoms with Gasteiger partial charge in [-0.3, -0.25) is 0 Å². The van der Waals surface area contributed by atoms with Crippen LogP contribution in [0.5, 0.6) is 0 Å². The van der Waals surface area contributed by atoms with E-state index in [1.165, 1.54) is 16.3 Å². The number of nitrogens with zero attached hydrogens (tertiary/aromatic N) is 4. The number of benzene rings is 3. The van der Waals surface area contributed by atoms with Crippen LogP contribution in [0, 0.1) is 0 Å². The van der Waals surface area contributed by atoms with E-state index in [0.29, 0.717) is 11.9 Å². The second kappa shape index (κ2) is 10.6. The number of halogens is 1. The van der Waals surface area contributed by atoms with Crippen molar-refractivity contribution in [3.8, 4) is 0 Å². The fourth-order valence-corrected chi connectivity index (χ4v) is 4.33. The van der Waals surface area contributed by atoms with Gasteiger partial charge in [0.1, 0.15) is 6.54 Å². The minimum atomic E-state index is 0.161. The maximum atomic E-state index is 6.16. The van der Waals surface area contributed by atoms with Crippen LogP contribution in [0.1, 0.15) is 19.4 Å². The third kappa shape index (κ3) is 5.78. The molecular formula is C26H30ClN6+. The van der Waals surface area contributed by atoms with Crippen molar-refractivity contribution >= 4 is 40.0 Å². The lowest BCUT2D eigenvalue weighted by molar-refractivity contribution is -0.936. The molecule has 0 aliphatic rings. The van der Waals surface area contributed by atoms with Gasteiger partial charge in [0.2, 0.25) is 17.2 Å². The summed E-state index contributed by atoms with van der Waals surface area (Å²) < 4.78 is 0.967. The van der Waals surface area contributed by atoms with Crippen LogP contribution in [0.15, 0.2) is 72.8 Å². The van der Waals surface area contributed by atoms with Crippen LogP contribution in [0.2, 0.25) is 5.28 Å². The average molecular weight is 462 g/mol. The number of nitrogens with one attached hydrogen (secondary N) is 2. The van der Waals surface area contributed by atoms with Crippen molar-refractivity contribution < 1.29 is 4.48 Å². The molecule has 7 heteroatoms. The van der Waals surface area contributed by atoms with E-state index in [1.54, 1.807) is 0 Å². The molecule has 4 rings (SSSR count). The third-order valence-electron chi connectivity index (χ3n) is 6.23.